The Morgan fingerprint density at radius 3 is 0.768 bits per heavy atom. The fourth-order valence-electron chi connectivity index (χ4n) is 12.3. The van der Waals surface area contributed by atoms with Crippen molar-refractivity contribution in [3.05, 3.63) is 0 Å². The first-order valence-corrected chi connectivity index (χ1v) is 44.5. The zero-order valence-corrected chi connectivity index (χ0v) is 66.6. The molecule has 0 saturated carbocycles. The summed E-state index contributed by atoms with van der Waals surface area (Å²) in [5.74, 6) is -0.535. The van der Waals surface area contributed by atoms with Crippen molar-refractivity contribution < 1.29 is 80.2 Å². The van der Waals surface area contributed by atoms with Crippen LogP contribution in [0.4, 0.5) is 0 Å². The highest BCUT2D eigenvalue weighted by atomic mass is 31.2. The van der Waals surface area contributed by atoms with Gasteiger partial charge in [-0.05, 0) is 37.5 Å². The maximum atomic E-state index is 13.1. The van der Waals surface area contributed by atoms with Gasteiger partial charge < -0.3 is 33.8 Å². The van der Waals surface area contributed by atoms with E-state index in [-0.39, 0.29) is 25.7 Å². The first kappa shape index (κ1) is 97.1. The van der Waals surface area contributed by atoms with Gasteiger partial charge in [0.05, 0.1) is 26.4 Å². The predicted octanol–water partition coefficient (Wildman–Crippen LogP) is 23.9. The first-order valence-electron chi connectivity index (χ1n) is 41.5. The lowest BCUT2D eigenvalue weighted by molar-refractivity contribution is -0.161. The molecule has 0 rings (SSSR count). The molecule has 0 fully saturated rings. The van der Waals surface area contributed by atoms with Gasteiger partial charge in [0.15, 0.2) is 12.2 Å². The molecule has 17 nitrogen and oxygen atoms in total. The number of hydrogen-bond acceptors (Lipinski definition) is 15. The average molecular weight is 1450 g/mol. The maximum absolute atomic E-state index is 13.1. The van der Waals surface area contributed by atoms with Crippen molar-refractivity contribution in [2.45, 2.75) is 439 Å². The van der Waals surface area contributed by atoms with E-state index >= 15 is 0 Å². The van der Waals surface area contributed by atoms with Crippen LogP contribution in [0.3, 0.4) is 0 Å². The molecule has 0 radical (unpaired) electrons. The Labute approximate surface area is 607 Å². The lowest BCUT2D eigenvalue weighted by atomic mass is 9.99. The van der Waals surface area contributed by atoms with Gasteiger partial charge in [-0.25, -0.2) is 9.13 Å². The van der Waals surface area contributed by atoms with Crippen molar-refractivity contribution in [1.82, 2.24) is 0 Å². The molecule has 3 N–H and O–H groups in total. The number of phosphoric acid groups is 2. The topological polar surface area (TPSA) is 237 Å². The number of ether oxygens (including phenoxy) is 4. The molecule has 588 valence electrons. The molecule has 3 unspecified atom stereocenters. The van der Waals surface area contributed by atoms with Crippen LogP contribution in [0.2, 0.25) is 0 Å². The van der Waals surface area contributed by atoms with Crippen LogP contribution >= 0.6 is 15.6 Å². The number of aliphatic hydroxyl groups is 1. The van der Waals surface area contributed by atoms with Gasteiger partial charge in [0.25, 0.3) is 0 Å². The molecule has 0 bridgehead atoms. The summed E-state index contributed by atoms with van der Waals surface area (Å²) in [6.07, 6.45) is 61.7. The molecule has 0 aromatic rings. The highest BCUT2D eigenvalue weighted by Crippen LogP contribution is 2.45. The minimum atomic E-state index is -4.96. The highest BCUT2D eigenvalue weighted by molar-refractivity contribution is 7.47. The third-order valence-corrected chi connectivity index (χ3v) is 21.0. The fraction of sp³-hybridized carbons (Fsp3) is 0.950. The molecule has 19 heteroatoms. The van der Waals surface area contributed by atoms with Crippen molar-refractivity contribution in [3.8, 4) is 0 Å². The Hall–Kier alpha value is -1.94. The Kier molecular flexibility index (Phi) is 70.3. The summed E-state index contributed by atoms with van der Waals surface area (Å²) in [6.45, 7) is 9.56. The third-order valence-electron chi connectivity index (χ3n) is 19.1. The minimum absolute atomic E-state index is 0.104. The molecule has 99 heavy (non-hydrogen) atoms. The first-order chi connectivity index (χ1) is 47.9. The second-order valence-corrected chi connectivity index (χ2v) is 32.4. The van der Waals surface area contributed by atoms with Crippen molar-refractivity contribution in [1.29, 1.82) is 0 Å². The fourth-order valence-corrected chi connectivity index (χ4v) is 13.9. The van der Waals surface area contributed by atoms with E-state index in [4.69, 9.17) is 37.0 Å². The Bertz CT molecular complexity index is 1910. The van der Waals surface area contributed by atoms with E-state index in [0.29, 0.717) is 25.7 Å². The third kappa shape index (κ3) is 72.8. The SMILES string of the molecule is CCCCCCCCCCCCCCCCCCCCCCCC(=O)OC[C@H](COP(=O)(O)OC[C@@H](O)COP(=O)(O)OC[C@@H](COC(=O)CCCCCCC)OC(=O)CCCCCCCCCCC(C)CC)OC(=O)CCCCCCCCCCCCCCCCCCCCC(C)C. The van der Waals surface area contributed by atoms with Crippen LogP contribution in [-0.2, 0) is 65.4 Å². The van der Waals surface area contributed by atoms with Crippen LogP contribution in [0.1, 0.15) is 420 Å². The Morgan fingerprint density at radius 1 is 0.293 bits per heavy atom. The lowest BCUT2D eigenvalue weighted by Crippen LogP contribution is -2.30. The number of carbonyl (C=O) groups excluding carboxylic acids is 4. The van der Waals surface area contributed by atoms with Crippen molar-refractivity contribution in [3.63, 3.8) is 0 Å². The van der Waals surface area contributed by atoms with Crippen LogP contribution in [0, 0.1) is 11.8 Å². The molecule has 0 aromatic carbocycles. The van der Waals surface area contributed by atoms with Crippen LogP contribution in [0.5, 0.6) is 0 Å². The number of hydrogen-bond donors (Lipinski definition) is 3. The van der Waals surface area contributed by atoms with Crippen LogP contribution < -0.4 is 0 Å². The second-order valence-electron chi connectivity index (χ2n) is 29.5. The zero-order valence-electron chi connectivity index (χ0n) is 64.8. The highest BCUT2D eigenvalue weighted by Gasteiger charge is 2.30. The van der Waals surface area contributed by atoms with Crippen molar-refractivity contribution in [2.24, 2.45) is 11.8 Å². The minimum Gasteiger partial charge on any atom is -0.462 e. The molecule has 0 aliphatic heterocycles. The van der Waals surface area contributed by atoms with E-state index in [2.05, 4.69) is 41.5 Å². The number of unbranched alkanes of at least 4 members (excludes halogenated alkanes) is 48. The van der Waals surface area contributed by atoms with E-state index in [0.717, 1.165) is 108 Å². The van der Waals surface area contributed by atoms with Crippen LogP contribution in [-0.4, -0.2) is 96.7 Å². The summed E-state index contributed by atoms with van der Waals surface area (Å²) < 4.78 is 68.4. The zero-order chi connectivity index (χ0) is 72.8. The van der Waals surface area contributed by atoms with E-state index in [9.17, 15) is 43.2 Å². The number of rotatable bonds is 79. The van der Waals surface area contributed by atoms with E-state index < -0.39 is 97.5 Å². The summed E-state index contributed by atoms with van der Waals surface area (Å²) in [7, 11) is -9.91. The molecule has 0 aromatic heterocycles. The quantitative estimate of drug-likeness (QED) is 0.0222. The molecule has 0 aliphatic rings. The molecule has 0 amide bonds. The number of aliphatic hydroxyl groups excluding tert-OH is 1. The van der Waals surface area contributed by atoms with E-state index in [1.165, 1.54) is 231 Å². The van der Waals surface area contributed by atoms with E-state index in [1.54, 1.807) is 0 Å². The molecule has 6 atom stereocenters. The van der Waals surface area contributed by atoms with Gasteiger partial charge in [0.2, 0.25) is 0 Å². The molecular formula is C80H156O17P2. The van der Waals surface area contributed by atoms with Gasteiger partial charge >= 0.3 is 39.5 Å². The summed E-state index contributed by atoms with van der Waals surface area (Å²) in [5, 5.41) is 10.6. The summed E-state index contributed by atoms with van der Waals surface area (Å²) in [4.78, 5) is 72.6. The Morgan fingerprint density at radius 2 is 0.515 bits per heavy atom. The molecule has 0 saturated heterocycles. The molecule has 0 heterocycles. The number of carbonyl (C=O) groups is 4. The van der Waals surface area contributed by atoms with Gasteiger partial charge in [0, 0.05) is 25.7 Å². The van der Waals surface area contributed by atoms with Gasteiger partial charge in [-0.3, -0.25) is 37.3 Å². The monoisotopic (exact) mass is 1450 g/mol. The molecule has 0 aliphatic carbocycles. The summed E-state index contributed by atoms with van der Waals surface area (Å²) in [6, 6.07) is 0. The summed E-state index contributed by atoms with van der Waals surface area (Å²) >= 11 is 0. The smallest absolute Gasteiger partial charge is 0.462 e. The van der Waals surface area contributed by atoms with Crippen molar-refractivity contribution >= 4 is 39.5 Å². The second kappa shape index (κ2) is 71.7. The molecule has 0 spiro atoms. The normalized spacial score (nSPS) is 14.2. The standard InChI is InChI=1S/C80H156O17P2/c1-7-10-12-14-15-16-17-18-19-20-21-22-23-27-30-33-36-39-45-51-57-63-78(83)91-69-76(97-79(84)64-58-52-46-40-37-34-31-28-25-24-26-29-32-35-38-43-49-54-60-72(4)5)71-95-99(88,89)93-67-74(81)66-92-98(86,87)94-70-75(68-90-77(82)62-56-48-13-11-8-2)96-80(85)65-59-53-47-42-41-44-50-55-61-73(6)9-3/h72-76,81H,7-71H2,1-6H3,(H,86,87)(H,88,89)/t73?,74-,75+,76+/m0/s1. The maximum Gasteiger partial charge on any atom is 0.472 e. The van der Waals surface area contributed by atoms with Gasteiger partial charge in [-0.1, -0.05) is 369 Å². The van der Waals surface area contributed by atoms with Crippen LogP contribution in [0.25, 0.3) is 0 Å². The average Bonchev–Trinajstić information content (AvgIpc) is 2.58. The number of esters is 4. The lowest BCUT2D eigenvalue weighted by Gasteiger charge is -2.21. The molecular weight excluding hydrogens is 1290 g/mol. The van der Waals surface area contributed by atoms with Crippen molar-refractivity contribution in [2.75, 3.05) is 39.6 Å². The Balaban J connectivity index is 5.11. The van der Waals surface area contributed by atoms with Gasteiger partial charge in [-0.15, -0.1) is 0 Å². The van der Waals surface area contributed by atoms with Gasteiger partial charge in [-0.2, -0.15) is 0 Å². The predicted molar refractivity (Wildman–Crippen MR) is 405 cm³/mol. The largest absolute Gasteiger partial charge is 0.472 e. The van der Waals surface area contributed by atoms with Crippen LogP contribution in [0.15, 0.2) is 0 Å². The number of phosphoric ester groups is 2. The van der Waals surface area contributed by atoms with Gasteiger partial charge in [0.1, 0.15) is 19.3 Å². The summed E-state index contributed by atoms with van der Waals surface area (Å²) in [5.41, 5.74) is 0. The van der Waals surface area contributed by atoms with E-state index in [1.807, 2.05) is 0 Å².